The van der Waals surface area contributed by atoms with Gasteiger partial charge in [-0.05, 0) is 71.2 Å². The van der Waals surface area contributed by atoms with E-state index in [4.69, 9.17) is 0 Å². The van der Waals surface area contributed by atoms with Gasteiger partial charge >= 0.3 is 0 Å². The average molecular weight is 401 g/mol. The molecule has 20 heavy (non-hydrogen) atoms. The average Bonchev–Trinajstić information content (AvgIpc) is 2.42. The van der Waals surface area contributed by atoms with Crippen LogP contribution in [0.1, 0.15) is 11.1 Å². The predicted molar refractivity (Wildman–Crippen MR) is 88.5 cm³/mol. The summed E-state index contributed by atoms with van der Waals surface area (Å²) < 4.78 is 14.9. The Hall–Kier alpha value is -0.710. The van der Waals surface area contributed by atoms with Crippen molar-refractivity contribution in [1.29, 1.82) is 0 Å². The molecular weight excluding hydrogens is 385 g/mol. The molecule has 0 aromatic heterocycles. The van der Waals surface area contributed by atoms with Crippen molar-refractivity contribution in [2.75, 3.05) is 7.05 Å². The van der Waals surface area contributed by atoms with E-state index in [1.165, 1.54) is 11.6 Å². The summed E-state index contributed by atoms with van der Waals surface area (Å²) in [5.74, 6) is -0.221. The maximum atomic E-state index is 13.2. The molecule has 0 fully saturated rings. The second-order valence-corrected chi connectivity index (χ2v) is 6.54. The molecule has 0 saturated heterocycles. The van der Waals surface area contributed by atoms with Crippen molar-refractivity contribution in [2.24, 2.45) is 0 Å². The van der Waals surface area contributed by atoms with Crippen LogP contribution in [0.25, 0.3) is 0 Å². The number of hydrogen-bond donors (Lipinski definition) is 1. The smallest absolute Gasteiger partial charge is 0.137 e. The Morgan fingerprint density at radius 1 is 1.05 bits per heavy atom. The van der Waals surface area contributed by atoms with Gasteiger partial charge in [0, 0.05) is 10.5 Å². The van der Waals surface area contributed by atoms with Gasteiger partial charge in [-0.1, -0.05) is 34.1 Å². The summed E-state index contributed by atoms with van der Waals surface area (Å²) in [5.41, 5.74) is 2.40. The van der Waals surface area contributed by atoms with Crippen molar-refractivity contribution in [2.45, 2.75) is 18.9 Å². The maximum Gasteiger partial charge on any atom is 0.137 e. The zero-order valence-corrected chi connectivity index (χ0v) is 14.3. The van der Waals surface area contributed by atoms with Crippen LogP contribution in [0, 0.1) is 5.82 Å². The van der Waals surface area contributed by atoms with Gasteiger partial charge in [0.2, 0.25) is 0 Å². The molecule has 0 saturated carbocycles. The Bertz CT molecular complexity index is 586. The van der Waals surface area contributed by atoms with E-state index in [2.05, 4.69) is 49.3 Å². The van der Waals surface area contributed by atoms with E-state index in [1.807, 2.05) is 31.3 Å². The zero-order valence-electron chi connectivity index (χ0n) is 11.2. The fourth-order valence-corrected chi connectivity index (χ4v) is 3.05. The van der Waals surface area contributed by atoms with Crippen LogP contribution in [-0.2, 0) is 12.8 Å². The highest BCUT2D eigenvalue weighted by Crippen LogP contribution is 2.19. The fourth-order valence-electron chi connectivity index (χ4n) is 2.18. The molecule has 4 heteroatoms. The van der Waals surface area contributed by atoms with Gasteiger partial charge < -0.3 is 5.32 Å². The Kier molecular flexibility index (Phi) is 5.75. The van der Waals surface area contributed by atoms with Crippen molar-refractivity contribution in [3.8, 4) is 0 Å². The van der Waals surface area contributed by atoms with Crippen molar-refractivity contribution in [3.05, 3.63) is 68.4 Å². The quantitative estimate of drug-likeness (QED) is 0.765. The van der Waals surface area contributed by atoms with E-state index in [0.29, 0.717) is 10.5 Å². The van der Waals surface area contributed by atoms with Gasteiger partial charge in [0.15, 0.2) is 0 Å². The number of rotatable bonds is 5. The number of halogens is 3. The van der Waals surface area contributed by atoms with Gasteiger partial charge in [-0.15, -0.1) is 0 Å². The molecular formula is C16H16Br2FN. The third-order valence-corrected chi connectivity index (χ3v) is 4.35. The summed E-state index contributed by atoms with van der Waals surface area (Å²) >= 11 is 6.72. The summed E-state index contributed by atoms with van der Waals surface area (Å²) in [6, 6.07) is 13.8. The highest BCUT2D eigenvalue weighted by molar-refractivity contribution is 9.10. The van der Waals surface area contributed by atoms with Crippen LogP contribution in [0.15, 0.2) is 51.4 Å². The Morgan fingerprint density at radius 2 is 1.75 bits per heavy atom. The number of nitrogens with one attached hydrogen (secondary N) is 1. The van der Waals surface area contributed by atoms with Crippen LogP contribution in [-0.4, -0.2) is 13.1 Å². The van der Waals surface area contributed by atoms with Gasteiger partial charge in [-0.2, -0.15) is 0 Å². The minimum Gasteiger partial charge on any atom is -0.316 e. The standard InChI is InChI=1S/C16H16Br2FN/c1-20-14(8-11-3-2-4-13(17)7-11)9-12-5-6-16(19)15(18)10-12/h2-7,10,14,20H,8-9H2,1H3. The van der Waals surface area contributed by atoms with E-state index >= 15 is 0 Å². The van der Waals surface area contributed by atoms with Crippen LogP contribution >= 0.6 is 31.9 Å². The van der Waals surface area contributed by atoms with Crippen molar-refractivity contribution in [1.82, 2.24) is 5.32 Å². The summed E-state index contributed by atoms with van der Waals surface area (Å²) in [6.45, 7) is 0. The molecule has 0 spiro atoms. The monoisotopic (exact) mass is 399 g/mol. The predicted octanol–water partition coefficient (Wildman–Crippen LogP) is 4.72. The van der Waals surface area contributed by atoms with E-state index in [-0.39, 0.29) is 5.82 Å². The zero-order chi connectivity index (χ0) is 14.5. The van der Waals surface area contributed by atoms with Gasteiger partial charge in [-0.25, -0.2) is 4.39 Å². The third kappa shape index (κ3) is 4.40. The largest absolute Gasteiger partial charge is 0.316 e. The van der Waals surface area contributed by atoms with E-state index in [9.17, 15) is 4.39 Å². The summed E-state index contributed by atoms with van der Waals surface area (Å²) in [6.07, 6.45) is 1.80. The lowest BCUT2D eigenvalue weighted by molar-refractivity contribution is 0.554. The molecule has 2 rings (SSSR count). The molecule has 1 unspecified atom stereocenters. The minimum absolute atomic E-state index is 0.221. The fraction of sp³-hybridized carbons (Fsp3) is 0.250. The van der Waals surface area contributed by atoms with Crippen molar-refractivity contribution in [3.63, 3.8) is 0 Å². The van der Waals surface area contributed by atoms with Crippen LogP contribution in [0.5, 0.6) is 0 Å². The first kappa shape index (κ1) is 15.7. The summed E-state index contributed by atoms with van der Waals surface area (Å²) in [5, 5.41) is 3.33. The van der Waals surface area contributed by atoms with Crippen LogP contribution in [0.4, 0.5) is 4.39 Å². The topological polar surface area (TPSA) is 12.0 Å². The highest BCUT2D eigenvalue weighted by Gasteiger charge is 2.10. The molecule has 0 bridgehead atoms. The lowest BCUT2D eigenvalue weighted by Crippen LogP contribution is -2.29. The number of benzene rings is 2. The third-order valence-electron chi connectivity index (χ3n) is 3.25. The lowest BCUT2D eigenvalue weighted by atomic mass is 9.99. The molecule has 0 heterocycles. The summed E-state index contributed by atoms with van der Waals surface area (Å²) in [4.78, 5) is 0. The van der Waals surface area contributed by atoms with Crippen LogP contribution in [0.2, 0.25) is 0 Å². The normalized spacial score (nSPS) is 12.4. The van der Waals surface area contributed by atoms with Crippen LogP contribution in [0.3, 0.4) is 0 Å². The van der Waals surface area contributed by atoms with Gasteiger partial charge in [0.25, 0.3) is 0 Å². The molecule has 106 valence electrons. The molecule has 0 aliphatic heterocycles. The summed E-state index contributed by atoms with van der Waals surface area (Å²) in [7, 11) is 1.96. The first-order valence-corrected chi connectivity index (χ1v) is 8.02. The van der Waals surface area contributed by atoms with Gasteiger partial charge in [0.05, 0.1) is 4.47 Å². The molecule has 2 aromatic rings. The Morgan fingerprint density at radius 3 is 2.35 bits per heavy atom. The van der Waals surface area contributed by atoms with Crippen molar-refractivity contribution < 1.29 is 4.39 Å². The number of hydrogen-bond acceptors (Lipinski definition) is 1. The minimum atomic E-state index is -0.221. The molecule has 0 amide bonds. The second kappa shape index (κ2) is 7.34. The molecule has 1 nitrogen and oxygen atoms in total. The second-order valence-electron chi connectivity index (χ2n) is 4.77. The number of likely N-dealkylation sites (N-methyl/N-ethyl adjacent to an activating group) is 1. The van der Waals surface area contributed by atoms with Crippen molar-refractivity contribution >= 4 is 31.9 Å². The van der Waals surface area contributed by atoms with E-state index in [1.54, 1.807) is 0 Å². The first-order chi connectivity index (χ1) is 9.58. The van der Waals surface area contributed by atoms with Gasteiger partial charge in [0.1, 0.15) is 5.82 Å². The molecule has 0 aliphatic rings. The SMILES string of the molecule is CNC(Cc1cccc(Br)c1)Cc1ccc(F)c(Br)c1. The van der Waals surface area contributed by atoms with Crippen LogP contribution < -0.4 is 5.32 Å². The Balaban J connectivity index is 2.07. The molecule has 0 aliphatic carbocycles. The Labute approximate surface area is 135 Å². The molecule has 1 N–H and O–H groups in total. The van der Waals surface area contributed by atoms with E-state index in [0.717, 1.165) is 22.9 Å². The highest BCUT2D eigenvalue weighted by atomic mass is 79.9. The van der Waals surface area contributed by atoms with E-state index < -0.39 is 0 Å². The lowest BCUT2D eigenvalue weighted by Gasteiger charge is -2.17. The van der Waals surface area contributed by atoms with Gasteiger partial charge in [-0.3, -0.25) is 0 Å². The molecule has 0 radical (unpaired) electrons. The molecule has 1 atom stereocenters. The first-order valence-electron chi connectivity index (χ1n) is 6.44. The maximum absolute atomic E-state index is 13.2. The molecule has 2 aromatic carbocycles.